The predicted octanol–water partition coefficient (Wildman–Crippen LogP) is 2.58. The summed E-state index contributed by atoms with van der Waals surface area (Å²) in [6.45, 7) is 5.84. The molecule has 158 valence electrons. The molecule has 2 heterocycles. The first-order valence-corrected chi connectivity index (χ1v) is 9.38. The smallest absolute Gasteiger partial charge is 0.231 e. The number of hydrogen-bond donors (Lipinski definition) is 3. The Kier molecular flexibility index (Phi) is 7.83. The number of allylic oxidation sites excluding steroid dienone is 1. The van der Waals surface area contributed by atoms with Gasteiger partial charge in [-0.25, -0.2) is 14.4 Å². The molecule has 4 N–H and O–H groups in total. The van der Waals surface area contributed by atoms with Gasteiger partial charge in [0.2, 0.25) is 11.8 Å². The van der Waals surface area contributed by atoms with Crippen LogP contribution in [0, 0.1) is 17.1 Å². The van der Waals surface area contributed by atoms with E-state index in [4.69, 9.17) is 15.7 Å². The number of carbonyl (C=O) groups excluding carboxylic acids is 1. The Hall–Kier alpha value is -3.51. The summed E-state index contributed by atoms with van der Waals surface area (Å²) in [4.78, 5) is 18.6. The van der Waals surface area contributed by atoms with Crippen LogP contribution in [-0.2, 0) is 10.3 Å². The molecule has 1 amide bonds. The zero-order valence-corrected chi connectivity index (χ0v) is 17.0. The van der Waals surface area contributed by atoms with Crippen molar-refractivity contribution in [2.45, 2.75) is 31.7 Å². The van der Waals surface area contributed by atoms with Gasteiger partial charge in [0.05, 0.1) is 25.4 Å². The van der Waals surface area contributed by atoms with E-state index in [0.717, 1.165) is 37.0 Å². The lowest BCUT2D eigenvalue weighted by Crippen LogP contribution is -2.37. The molecule has 1 fully saturated rings. The van der Waals surface area contributed by atoms with Gasteiger partial charge in [-0.15, -0.1) is 0 Å². The summed E-state index contributed by atoms with van der Waals surface area (Å²) in [5.41, 5.74) is 6.53. The maximum atomic E-state index is 13.7. The van der Waals surface area contributed by atoms with Crippen LogP contribution in [0.15, 0.2) is 42.9 Å². The highest BCUT2D eigenvalue weighted by Crippen LogP contribution is 2.46. The van der Waals surface area contributed by atoms with E-state index in [1.54, 1.807) is 18.2 Å². The van der Waals surface area contributed by atoms with E-state index in [1.165, 1.54) is 13.3 Å². The normalized spacial score (nSPS) is 13.3. The zero-order valence-electron chi connectivity index (χ0n) is 17.0. The summed E-state index contributed by atoms with van der Waals surface area (Å²) in [6.07, 6.45) is 5.06. The van der Waals surface area contributed by atoms with Crippen molar-refractivity contribution in [2.75, 3.05) is 19.0 Å². The summed E-state index contributed by atoms with van der Waals surface area (Å²) < 4.78 is 18.7. The van der Waals surface area contributed by atoms with Gasteiger partial charge >= 0.3 is 0 Å². The van der Waals surface area contributed by atoms with Crippen LogP contribution in [0.1, 0.15) is 37.3 Å². The SMILES string of the molecule is C=C(CC)Nc1ccc(C#N)cn1.COc1cc(C2(NCC(N)=O)CC2)c(F)cn1. The number of nitrogens with zero attached hydrogens (tertiary/aromatic N) is 3. The number of aromatic nitrogens is 2. The number of amides is 1. The number of nitrogens with two attached hydrogens (primary N) is 1. The van der Waals surface area contributed by atoms with Gasteiger partial charge in [-0.3, -0.25) is 10.1 Å². The fraction of sp³-hybridized carbons (Fsp3) is 0.333. The van der Waals surface area contributed by atoms with Crippen LogP contribution in [-0.4, -0.2) is 29.5 Å². The van der Waals surface area contributed by atoms with Crippen LogP contribution in [0.3, 0.4) is 0 Å². The van der Waals surface area contributed by atoms with Gasteiger partial charge in [0.25, 0.3) is 0 Å². The van der Waals surface area contributed by atoms with Crippen LogP contribution >= 0.6 is 0 Å². The van der Waals surface area contributed by atoms with Crippen molar-refractivity contribution in [3.05, 3.63) is 59.8 Å². The van der Waals surface area contributed by atoms with E-state index in [-0.39, 0.29) is 6.54 Å². The Balaban J connectivity index is 0.000000222. The van der Waals surface area contributed by atoms with Crippen molar-refractivity contribution in [1.29, 1.82) is 5.26 Å². The Labute approximate surface area is 175 Å². The van der Waals surface area contributed by atoms with Crippen LogP contribution < -0.4 is 21.1 Å². The Morgan fingerprint density at radius 2 is 2.13 bits per heavy atom. The number of nitrogens with one attached hydrogen (secondary N) is 2. The number of methoxy groups -OCH3 is 1. The standard InChI is InChI=1S/C11H14FN3O2.C10H11N3/c1-17-10-4-7(8(12)5-14-10)11(2-3-11)15-6-9(13)16;1-3-8(2)13-10-5-4-9(6-11)7-12-10/h4-5,15H,2-3,6H2,1H3,(H2,13,16);4-5,7H,2-3H2,1H3,(H,12,13). The number of pyridine rings is 2. The lowest BCUT2D eigenvalue weighted by molar-refractivity contribution is -0.117. The zero-order chi connectivity index (χ0) is 22.1. The van der Waals surface area contributed by atoms with Crippen LogP contribution in [0.2, 0.25) is 0 Å². The summed E-state index contributed by atoms with van der Waals surface area (Å²) in [7, 11) is 1.47. The summed E-state index contributed by atoms with van der Waals surface area (Å²) in [5.74, 6) is 0.220. The number of halogens is 1. The fourth-order valence-corrected chi connectivity index (χ4v) is 2.62. The number of hydrogen-bond acceptors (Lipinski definition) is 7. The first-order valence-electron chi connectivity index (χ1n) is 9.38. The van der Waals surface area contributed by atoms with E-state index in [9.17, 15) is 9.18 Å². The molecule has 2 aromatic heterocycles. The van der Waals surface area contributed by atoms with E-state index in [2.05, 4.69) is 27.2 Å². The van der Waals surface area contributed by atoms with E-state index in [0.29, 0.717) is 17.0 Å². The number of ether oxygens (including phenoxy) is 1. The molecular weight excluding hydrogens is 387 g/mol. The quantitative estimate of drug-likeness (QED) is 0.608. The third-order valence-corrected chi connectivity index (χ3v) is 4.53. The largest absolute Gasteiger partial charge is 0.481 e. The minimum atomic E-state index is -0.491. The fourth-order valence-electron chi connectivity index (χ4n) is 2.62. The minimum Gasteiger partial charge on any atom is -0.481 e. The predicted molar refractivity (Wildman–Crippen MR) is 111 cm³/mol. The van der Waals surface area contributed by atoms with Crippen LogP contribution in [0.25, 0.3) is 0 Å². The molecule has 0 bridgehead atoms. The van der Waals surface area contributed by atoms with Crippen molar-refractivity contribution in [2.24, 2.45) is 5.73 Å². The van der Waals surface area contributed by atoms with E-state index < -0.39 is 17.3 Å². The molecule has 1 saturated carbocycles. The molecule has 0 aromatic carbocycles. The summed E-state index contributed by atoms with van der Waals surface area (Å²) in [6, 6.07) is 7.04. The maximum Gasteiger partial charge on any atom is 0.231 e. The Morgan fingerprint density at radius 1 is 1.40 bits per heavy atom. The molecule has 0 radical (unpaired) electrons. The third kappa shape index (κ3) is 6.25. The topological polar surface area (TPSA) is 126 Å². The van der Waals surface area contributed by atoms with E-state index >= 15 is 0 Å². The molecule has 0 spiro atoms. The van der Waals surface area contributed by atoms with Gasteiger partial charge in [0, 0.05) is 29.1 Å². The van der Waals surface area contributed by atoms with Gasteiger partial charge in [0.15, 0.2) is 0 Å². The summed E-state index contributed by atoms with van der Waals surface area (Å²) >= 11 is 0. The molecule has 0 unspecified atom stereocenters. The van der Waals surface area contributed by atoms with Gasteiger partial charge in [-0.2, -0.15) is 5.26 Å². The summed E-state index contributed by atoms with van der Waals surface area (Å²) in [5, 5.41) is 14.5. The molecule has 8 nitrogen and oxygen atoms in total. The molecule has 1 aliphatic carbocycles. The molecule has 30 heavy (non-hydrogen) atoms. The highest BCUT2D eigenvalue weighted by molar-refractivity contribution is 5.76. The first-order chi connectivity index (χ1) is 14.3. The number of nitriles is 1. The molecule has 0 atom stereocenters. The highest BCUT2D eigenvalue weighted by atomic mass is 19.1. The number of primary amides is 1. The van der Waals surface area contributed by atoms with Crippen molar-refractivity contribution < 1.29 is 13.9 Å². The lowest BCUT2D eigenvalue weighted by Gasteiger charge is -2.17. The average molecular weight is 412 g/mol. The molecule has 0 saturated heterocycles. The Morgan fingerprint density at radius 3 is 2.63 bits per heavy atom. The van der Waals surface area contributed by atoms with Gasteiger partial charge in [-0.1, -0.05) is 13.5 Å². The van der Waals surface area contributed by atoms with Gasteiger partial charge in [0.1, 0.15) is 17.7 Å². The van der Waals surface area contributed by atoms with Crippen LogP contribution in [0.5, 0.6) is 5.88 Å². The third-order valence-electron chi connectivity index (χ3n) is 4.53. The number of carbonyl (C=O) groups is 1. The lowest BCUT2D eigenvalue weighted by atomic mass is 10.1. The molecule has 9 heteroatoms. The monoisotopic (exact) mass is 412 g/mol. The second kappa shape index (κ2) is 10.3. The van der Waals surface area contributed by atoms with Crippen molar-refractivity contribution >= 4 is 11.7 Å². The second-order valence-corrected chi connectivity index (χ2v) is 6.73. The Bertz CT molecular complexity index is 936. The highest BCUT2D eigenvalue weighted by Gasteiger charge is 2.46. The molecule has 2 aromatic rings. The molecule has 1 aliphatic rings. The van der Waals surface area contributed by atoms with Gasteiger partial charge in [-0.05, 0) is 31.4 Å². The van der Waals surface area contributed by atoms with E-state index in [1.807, 2.05) is 13.0 Å². The number of anilines is 1. The number of rotatable bonds is 8. The van der Waals surface area contributed by atoms with Crippen molar-refractivity contribution in [3.63, 3.8) is 0 Å². The average Bonchev–Trinajstić information content (AvgIpc) is 3.54. The van der Waals surface area contributed by atoms with Crippen molar-refractivity contribution in [3.8, 4) is 11.9 Å². The second-order valence-electron chi connectivity index (χ2n) is 6.73. The maximum absolute atomic E-state index is 13.7. The van der Waals surface area contributed by atoms with Crippen LogP contribution in [0.4, 0.5) is 10.2 Å². The minimum absolute atomic E-state index is 0.0318. The molecular formula is C21H25FN6O2. The van der Waals surface area contributed by atoms with Crippen molar-refractivity contribution in [1.82, 2.24) is 15.3 Å². The molecule has 0 aliphatic heterocycles. The molecule has 3 rings (SSSR count). The van der Waals surface area contributed by atoms with Gasteiger partial charge < -0.3 is 15.8 Å². The first kappa shape index (κ1) is 22.8.